The topological polar surface area (TPSA) is 270 Å². The van der Waals surface area contributed by atoms with Crippen LogP contribution < -0.4 is 48.7 Å². The van der Waals surface area contributed by atoms with Crippen LogP contribution in [0.3, 0.4) is 0 Å². The van der Waals surface area contributed by atoms with E-state index in [4.69, 9.17) is 17.2 Å². The van der Waals surface area contributed by atoms with Crippen LogP contribution in [0.5, 0.6) is 0 Å². The molecule has 18 heteroatoms. The number of carbonyl (C=O) groups is 3. The highest BCUT2D eigenvalue weighted by Gasteiger charge is 2.25. The van der Waals surface area contributed by atoms with Gasteiger partial charge in [-0.3, -0.25) is 24.4 Å². The summed E-state index contributed by atoms with van der Waals surface area (Å²) >= 11 is 0. The first kappa shape index (κ1) is 45.6. The molecule has 2 aliphatic rings. The van der Waals surface area contributed by atoms with Crippen LogP contribution in [0.4, 0.5) is 40.3 Å². The molecule has 18 nitrogen and oxygen atoms in total. The number of aromatic nitrogens is 6. The van der Waals surface area contributed by atoms with Gasteiger partial charge < -0.3 is 48.7 Å². The van der Waals surface area contributed by atoms with Gasteiger partial charge in [0.2, 0.25) is 0 Å². The van der Waals surface area contributed by atoms with Gasteiger partial charge in [0.15, 0.2) is 23.0 Å². The molecule has 3 amide bonds. The van der Waals surface area contributed by atoms with E-state index in [1.807, 2.05) is 104 Å². The molecular formula is C49H55N15O3. The lowest BCUT2D eigenvalue weighted by Gasteiger charge is -2.30. The van der Waals surface area contributed by atoms with Crippen LogP contribution in [0.15, 0.2) is 110 Å². The van der Waals surface area contributed by atoms with Crippen molar-refractivity contribution in [2.24, 2.45) is 17.2 Å². The quantitative estimate of drug-likeness (QED) is 0.0603. The second-order valence-electron chi connectivity index (χ2n) is 17.1. The SMILES string of the molecule is CN(C)c1ccc(C(=O)NC2CCC(Nc3cnc(C(N)=O)c(Nc4ccc5ncccc5c4)n3)CC2)cc1.NC(=O)c1ncc(NC2CCC(N)CC2)nc1Nc1ccc2ncccc2c1. The smallest absolute Gasteiger partial charge is 0.271 e. The van der Waals surface area contributed by atoms with Crippen LogP contribution >= 0.6 is 0 Å². The van der Waals surface area contributed by atoms with Crippen LogP contribution in [-0.2, 0) is 0 Å². The van der Waals surface area contributed by atoms with Gasteiger partial charge >= 0.3 is 0 Å². The molecule has 344 valence electrons. The summed E-state index contributed by atoms with van der Waals surface area (Å²) in [6, 6.07) is 27.6. The average Bonchev–Trinajstić information content (AvgIpc) is 3.33. The molecule has 0 spiro atoms. The minimum absolute atomic E-state index is 0.0511. The molecule has 2 fully saturated rings. The van der Waals surface area contributed by atoms with Crippen molar-refractivity contribution in [1.29, 1.82) is 0 Å². The Hall–Kier alpha value is -7.99. The Morgan fingerprint density at radius 3 is 1.51 bits per heavy atom. The van der Waals surface area contributed by atoms with Crippen molar-refractivity contribution in [1.82, 2.24) is 35.2 Å². The lowest BCUT2D eigenvalue weighted by molar-refractivity contribution is 0.0924. The van der Waals surface area contributed by atoms with Crippen molar-refractivity contribution in [3.63, 3.8) is 0 Å². The molecule has 4 heterocycles. The number of benzene rings is 3. The van der Waals surface area contributed by atoms with Crippen molar-refractivity contribution >= 4 is 79.9 Å². The highest BCUT2D eigenvalue weighted by Crippen LogP contribution is 2.28. The van der Waals surface area contributed by atoms with Crippen LogP contribution in [0, 0.1) is 0 Å². The third-order valence-electron chi connectivity index (χ3n) is 11.9. The molecule has 0 unspecified atom stereocenters. The largest absolute Gasteiger partial charge is 0.378 e. The first-order valence-electron chi connectivity index (χ1n) is 22.4. The molecule has 4 aromatic heterocycles. The van der Waals surface area contributed by atoms with Crippen LogP contribution in [-0.4, -0.2) is 85.9 Å². The molecule has 9 rings (SSSR count). The second kappa shape index (κ2) is 20.9. The minimum Gasteiger partial charge on any atom is -0.378 e. The molecule has 0 bridgehead atoms. The van der Waals surface area contributed by atoms with E-state index in [0.29, 0.717) is 29.1 Å². The van der Waals surface area contributed by atoms with Gasteiger partial charge in [-0.2, -0.15) is 0 Å². The van der Waals surface area contributed by atoms with Crippen molar-refractivity contribution in [2.45, 2.75) is 75.5 Å². The maximum absolute atomic E-state index is 12.7. The highest BCUT2D eigenvalue weighted by molar-refractivity contribution is 5.98. The average molecular weight is 902 g/mol. The van der Waals surface area contributed by atoms with Gasteiger partial charge in [0.25, 0.3) is 17.7 Å². The predicted octanol–water partition coefficient (Wildman–Crippen LogP) is 6.64. The van der Waals surface area contributed by atoms with Crippen molar-refractivity contribution < 1.29 is 14.4 Å². The van der Waals surface area contributed by atoms with Crippen molar-refractivity contribution in [3.8, 4) is 0 Å². The zero-order valence-electron chi connectivity index (χ0n) is 37.4. The molecule has 0 atom stereocenters. The fourth-order valence-electron chi connectivity index (χ4n) is 8.28. The number of pyridine rings is 2. The van der Waals surface area contributed by atoms with Gasteiger partial charge in [0.1, 0.15) is 11.6 Å². The fourth-order valence-corrected chi connectivity index (χ4v) is 8.28. The number of carbonyl (C=O) groups excluding carboxylic acids is 3. The number of fused-ring (bicyclic) bond motifs is 2. The molecule has 2 saturated carbocycles. The van der Waals surface area contributed by atoms with E-state index in [1.54, 1.807) is 18.6 Å². The van der Waals surface area contributed by atoms with Gasteiger partial charge in [-0.15, -0.1) is 0 Å². The zero-order valence-corrected chi connectivity index (χ0v) is 37.4. The Labute approximate surface area is 388 Å². The monoisotopic (exact) mass is 901 g/mol. The van der Waals surface area contributed by atoms with E-state index in [9.17, 15) is 14.4 Å². The molecule has 3 aromatic carbocycles. The van der Waals surface area contributed by atoms with Crippen molar-refractivity contribution in [2.75, 3.05) is 40.3 Å². The Morgan fingerprint density at radius 2 is 1.04 bits per heavy atom. The third-order valence-corrected chi connectivity index (χ3v) is 11.9. The number of anilines is 7. The third kappa shape index (κ3) is 11.8. The summed E-state index contributed by atoms with van der Waals surface area (Å²) in [4.78, 5) is 64.8. The maximum atomic E-state index is 12.7. The number of nitrogens with zero attached hydrogens (tertiary/aromatic N) is 7. The Balaban J connectivity index is 0.000000192. The van der Waals surface area contributed by atoms with Gasteiger partial charge in [-0.25, -0.2) is 19.9 Å². The zero-order chi connectivity index (χ0) is 46.9. The van der Waals surface area contributed by atoms with E-state index in [2.05, 4.69) is 56.5 Å². The highest BCUT2D eigenvalue weighted by atomic mass is 16.2. The summed E-state index contributed by atoms with van der Waals surface area (Å²) in [5, 5.41) is 18.3. The van der Waals surface area contributed by atoms with Crippen LogP contribution in [0.2, 0.25) is 0 Å². The molecule has 11 N–H and O–H groups in total. The number of amides is 3. The number of nitrogens with two attached hydrogens (primary N) is 3. The fraction of sp³-hybridized carbons (Fsp3) is 0.286. The lowest BCUT2D eigenvalue weighted by Crippen LogP contribution is -2.40. The standard InChI is InChI=1S/C29H32N8O2.C20H23N7O/c1-37(2)23-12-5-18(6-13-23)29(39)35-21-9-7-20(8-10-21)33-25-17-32-26(27(30)38)28(36-25)34-22-11-14-24-19(16-22)4-3-15-31-24;21-13-3-5-14(6-4-13)25-17-11-24-18(19(22)28)20(27-17)26-15-7-8-16-12(10-15)2-1-9-23-16/h3-6,11-17,20-21H,7-10H2,1-2H3,(H2,30,38)(H,35,39)(H2,33,34,36);1-2,7-11,13-14H,3-6,21H2,(H2,22,28)(H2,25,26,27). The van der Waals surface area contributed by atoms with Crippen LogP contribution in [0.25, 0.3) is 21.8 Å². The molecule has 67 heavy (non-hydrogen) atoms. The van der Waals surface area contributed by atoms with Crippen LogP contribution in [0.1, 0.15) is 82.7 Å². The maximum Gasteiger partial charge on any atom is 0.271 e. The summed E-state index contributed by atoms with van der Waals surface area (Å²) in [6.45, 7) is 0. The van der Waals surface area contributed by atoms with Gasteiger partial charge in [-0.1, -0.05) is 12.1 Å². The number of hydrogen-bond donors (Lipinski definition) is 8. The first-order valence-corrected chi connectivity index (χ1v) is 22.4. The van der Waals surface area contributed by atoms with Crippen molar-refractivity contribution in [3.05, 3.63) is 127 Å². The van der Waals surface area contributed by atoms with E-state index >= 15 is 0 Å². The number of hydrogen-bond acceptors (Lipinski definition) is 15. The number of rotatable bonds is 13. The minimum atomic E-state index is -0.661. The Morgan fingerprint density at radius 1 is 0.582 bits per heavy atom. The van der Waals surface area contributed by atoms with Gasteiger partial charge in [0, 0.05) is 84.1 Å². The summed E-state index contributed by atoms with van der Waals surface area (Å²) in [5.74, 6) is 0.433. The molecular weight excluding hydrogens is 847 g/mol. The molecule has 0 aliphatic heterocycles. The first-order chi connectivity index (χ1) is 32.4. The summed E-state index contributed by atoms with van der Waals surface area (Å²) in [7, 11) is 3.94. The lowest BCUT2D eigenvalue weighted by atomic mass is 9.91. The van der Waals surface area contributed by atoms with E-state index in [0.717, 1.165) is 90.2 Å². The van der Waals surface area contributed by atoms with E-state index in [-0.39, 0.29) is 41.2 Å². The Bertz CT molecular complexity index is 2860. The molecule has 0 saturated heterocycles. The van der Waals surface area contributed by atoms with E-state index in [1.165, 1.54) is 6.20 Å². The summed E-state index contributed by atoms with van der Waals surface area (Å²) < 4.78 is 0. The molecule has 7 aromatic rings. The number of nitrogens with one attached hydrogen (secondary N) is 5. The van der Waals surface area contributed by atoms with Gasteiger partial charge in [-0.05, 0) is 124 Å². The predicted molar refractivity (Wildman–Crippen MR) is 263 cm³/mol. The second-order valence-corrected chi connectivity index (χ2v) is 17.1. The number of primary amides is 2. The van der Waals surface area contributed by atoms with Gasteiger partial charge in [0.05, 0.1) is 23.4 Å². The molecule has 0 radical (unpaired) electrons. The normalized spacial score (nSPS) is 17.9. The summed E-state index contributed by atoms with van der Waals surface area (Å²) in [6.07, 6.45) is 13.9. The summed E-state index contributed by atoms with van der Waals surface area (Å²) in [5.41, 5.74) is 22.2. The Kier molecular flexibility index (Phi) is 14.2. The van der Waals surface area contributed by atoms with E-state index < -0.39 is 11.8 Å². The molecule has 2 aliphatic carbocycles.